The summed E-state index contributed by atoms with van der Waals surface area (Å²) in [7, 11) is 1.73. The summed E-state index contributed by atoms with van der Waals surface area (Å²) in [5, 5.41) is 0. The number of methoxy groups -OCH3 is 1. The van der Waals surface area contributed by atoms with Crippen LogP contribution >= 0.6 is 0 Å². The molecule has 0 unspecified atom stereocenters. The van der Waals surface area contributed by atoms with Crippen molar-refractivity contribution in [1.29, 1.82) is 0 Å². The summed E-state index contributed by atoms with van der Waals surface area (Å²) in [6, 6.07) is 35.4. The SMILES string of the molecule is COc1cc2c(OCc3ccccc3)cccn2c1Cc1ccccc1-c1ccccc1. The molecule has 0 saturated carbocycles. The average Bonchev–Trinajstić information content (AvgIpc) is 3.22. The molecular weight excluding hydrogens is 394 g/mol. The Morgan fingerprint density at radius 3 is 2.22 bits per heavy atom. The maximum absolute atomic E-state index is 6.19. The Morgan fingerprint density at radius 1 is 0.719 bits per heavy atom. The van der Waals surface area contributed by atoms with E-state index in [2.05, 4.69) is 77.3 Å². The highest BCUT2D eigenvalue weighted by molar-refractivity contribution is 5.70. The third-order valence-electron chi connectivity index (χ3n) is 5.75. The second-order valence-corrected chi connectivity index (χ2v) is 7.76. The normalized spacial score (nSPS) is 10.9. The summed E-state index contributed by atoms with van der Waals surface area (Å²) in [6.45, 7) is 0.528. The molecule has 3 heteroatoms. The molecule has 0 spiro atoms. The predicted octanol–water partition coefficient (Wildman–Crippen LogP) is 6.78. The average molecular weight is 420 g/mol. The lowest BCUT2D eigenvalue weighted by atomic mass is 9.96. The monoisotopic (exact) mass is 419 g/mol. The van der Waals surface area contributed by atoms with Crippen LogP contribution in [0.2, 0.25) is 0 Å². The van der Waals surface area contributed by atoms with Gasteiger partial charge in [-0.15, -0.1) is 0 Å². The van der Waals surface area contributed by atoms with Gasteiger partial charge in [-0.05, 0) is 34.4 Å². The van der Waals surface area contributed by atoms with Gasteiger partial charge in [0.15, 0.2) is 0 Å². The van der Waals surface area contributed by atoms with Gasteiger partial charge >= 0.3 is 0 Å². The van der Waals surface area contributed by atoms with Crippen molar-refractivity contribution >= 4 is 5.52 Å². The Balaban J connectivity index is 1.52. The largest absolute Gasteiger partial charge is 0.495 e. The molecule has 158 valence electrons. The summed E-state index contributed by atoms with van der Waals surface area (Å²) in [5.74, 6) is 1.71. The van der Waals surface area contributed by atoms with Crippen LogP contribution in [0.25, 0.3) is 16.6 Å². The summed E-state index contributed by atoms with van der Waals surface area (Å²) < 4.78 is 14.2. The van der Waals surface area contributed by atoms with Crippen LogP contribution in [0, 0.1) is 0 Å². The molecule has 0 bridgehead atoms. The fourth-order valence-corrected chi connectivity index (χ4v) is 4.16. The number of hydrogen-bond donors (Lipinski definition) is 0. The second kappa shape index (κ2) is 9.03. The van der Waals surface area contributed by atoms with Crippen LogP contribution in [-0.4, -0.2) is 11.5 Å². The molecule has 5 rings (SSSR count). The zero-order chi connectivity index (χ0) is 21.8. The van der Waals surface area contributed by atoms with Gasteiger partial charge in [-0.1, -0.05) is 84.9 Å². The third-order valence-corrected chi connectivity index (χ3v) is 5.75. The van der Waals surface area contributed by atoms with Gasteiger partial charge in [-0.3, -0.25) is 0 Å². The second-order valence-electron chi connectivity index (χ2n) is 7.76. The van der Waals surface area contributed by atoms with E-state index in [-0.39, 0.29) is 0 Å². The van der Waals surface area contributed by atoms with Crippen LogP contribution in [0.1, 0.15) is 16.8 Å². The lowest BCUT2D eigenvalue weighted by Gasteiger charge is -2.12. The highest BCUT2D eigenvalue weighted by Gasteiger charge is 2.16. The standard InChI is InChI=1S/C29H25NO2/c1-31-29-20-27-28(32-21-22-11-4-2-5-12-22)17-10-18-30(27)26(29)19-24-15-8-9-16-25(24)23-13-6-3-7-14-23/h2-18,20H,19,21H2,1H3. The van der Waals surface area contributed by atoms with Crippen molar-refractivity contribution in [2.45, 2.75) is 13.0 Å². The molecule has 0 saturated heterocycles. The molecule has 0 aliphatic heterocycles. The highest BCUT2D eigenvalue weighted by Crippen LogP contribution is 2.34. The number of pyridine rings is 1. The molecule has 5 aromatic rings. The van der Waals surface area contributed by atoms with Gasteiger partial charge in [0.05, 0.1) is 18.3 Å². The Hall–Kier alpha value is -3.98. The highest BCUT2D eigenvalue weighted by atomic mass is 16.5. The first-order valence-corrected chi connectivity index (χ1v) is 10.8. The molecule has 0 aliphatic rings. The first-order valence-electron chi connectivity index (χ1n) is 10.8. The Morgan fingerprint density at radius 2 is 1.44 bits per heavy atom. The predicted molar refractivity (Wildman–Crippen MR) is 129 cm³/mol. The molecule has 3 nitrogen and oxygen atoms in total. The van der Waals surface area contributed by atoms with E-state index < -0.39 is 0 Å². The van der Waals surface area contributed by atoms with Crippen molar-refractivity contribution in [2.24, 2.45) is 0 Å². The molecule has 0 fully saturated rings. The number of rotatable bonds is 7. The van der Waals surface area contributed by atoms with E-state index in [0.717, 1.165) is 34.7 Å². The van der Waals surface area contributed by atoms with E-state index in [9.17, 15) is 0 Å². The molecule has 0 N–H and O–H groups in total. The molecular formula is C29H25NO2. The van der Waals surface area contributed by atoms with Crippen molar-refractivity contribution in [3.63, 3.8) is 0 Å². The van der Waals surface area contributed by atoms with Crippen molar-refractivity contribution in [3.05, 3.63) is 126 Å². The maximum atomic E-state index is 6.19. The van der Waals surface area contributed by atoms with Crippen molar-refractivity contribution in [1.82, 2.24) is 4.40 Å². The van der Waals surface area contributed by atoms with E-state index in [1.807, 2.05) is 36.4 Å². The summed E-state index contributed by atoms with van der Waals surface area (Å²) in [4.78, 5) is 0. The topological polar surface area (TPSA) is 22.9 Å². The van der Waals surface area contributed by atoms with Crippen molar-refractivity contribution < 1.29 is 9.47 Å². The van der Waals surface area contributed by atoms with E-state index in [1.165, 1.54) is 16.7 Å². The minimum atomic E-state index is 0.528. The van der Waals surface area contributed by atoms with Gasteiger partial charge in [-0.2, -0.15) is 0 Å². The molecule has 2 heterocycles. The number of nitrogens with zero attached hydrogens (tertiary/aromatic N) is 1. The fourth-order valence-electron chi connectivity index (χ4n) is 4.16. The first kappa shape index (κ1) is 20.0. The smallest absolute Gasteiger partial charge is 0.143 e. The van der Waals surface area contributed by atoms with Gasteiger partial charge in [0.25, 0.3) is 0 Å². The summed E-state index contributed by atoms with van der Waals surface area (Å²) >= 11 is 0. The van der Waals surface area contributed by atoms with Crippen LogP contribution in [0.4, 0.5) is 0 Å². The number of hydrogen-bond acceptors (Lipinski definition) is 2. The van der Waals surface area contributed by atoms with Crippen LogP contribution < -0.4 is 9.47 Å². The lowest BCUT2D eigenvalue weighted by Crippen LogP contribution is -2.00. The van der Waals surface area contributed by atoms with E-state index in [4.69, 9.17) is 9.47 Å². The molecule has 0 radical (unpaired) electrons. The molecule has 2 aromatic heterocycles. The molecule has 32 heavy (non-hydrogen) atoms. The van der Waals surface area contributed by atoms with Crippen molar-refractivity contribution in [2.75, 3.05) is 7.11 Å². The van der Waals surface area contributed by atoms with E-state index in [0.29, 0.717) is 6.61 Å². The number of aromatic nitrogens is 1. The number of fused-ring (bicyclic) bond motifs is 1. The molecule has 3 aromatic carbocycles. The summed E-state index contributed by atoms with van der Waals surface area (Å²) in [5.41, 5.74) is 6.97. The Labute approximate surface area is 188 Å². The van der Waals surface area contributed by atoms with Gasteiger partial charge in [0.2, 0.25) is 0 Å². The Bertz CT molecular complexity index is 1320. The molecule has 0 atom stereocenters. The van der Waals surface area contributed by atoms with Crippen LogP contribution in [0.15, 0.2) is 109 Å². The minimum Gasteiger partial charge on any atom is -0.495 e. The van der Waals surface area contributed by atoms with Gasteiger partial charge < -0.3 is 13.9 Å². The zero-order valence-electron chi connectivity index (χ0n) is 18.1. The lowest BCUT2D eigenvalue weighted by molar-refractivity contribution is 0.309. The van der Waals surface area contributed by atoms with Gasteiger partial charge in [-0.25, -0.2) is 0 Å². The van der Waals surface area contributed by atoms with Crippen LogP contribution in [0.5, 0.6) is 11.5 Å². The fraction of sp³-hybridized carbons (Fsp3) is 0.103. The van der Waals surface area contributed by atoms with E-state index >= 15 is 0 Å². The molecule has 0 amide bonds. The van der Waals surface area contributed by atoms with Crippen molar-refractivity contribution in [3.8, 4) is 22.6 Å². The molecule has 0 aliphatic carbocycles. The third kappa shape index (κ3) is 3.97. The zero-order valence-corrected chi connectivity index (χ0v) is 18.1. The summed E-state index contributed by atoms with van der Waals surface area (Å²) in [6.07, 6.45) is 2.83. The number of benzene rings is 3. The van der Waals surface area contributed by atoms with Gasteiger partial charge in [0, 0.05) is 18.7 Å². The maximum Gasteiger partial charge on any atom is 0.143 e. The quantitative estimate of drug-likeness (QED) is 0.290. The van der Waals surface area contributed by atoms with Gasteiger partial charge in [0.1, 0.15) is 18.1 Å². The number of ether oxygens (including phenoxy) is 2. The van der Waals surface area contributed by atoms with Crippen LogP contribution in [-0.2, 0) is 13.0 Å². The van der Waals surface area contributed by atoms with Crippen LogP contribution in [0.3, 0.4) is 0 Å². The Kier molecular flexibility index (Phi) is 5.63. The van der Waals surface area contributed by atoms with E-state index in [1.54, 1.807) is 7.11 Å². The first-order chi connectivity index (χ1) is 15.8. The minimum absolute atomic E-state index is 0.528.